The van der Waals surface area contributed by atoms with Crippen LogP contribution in [0.3, 0.4) is 0 Å². The predicted molar refractivity (Wildman–Crippen MR) is 79.4 cm³/mol. The highest BCUT2D eigenvalue weighted by atomic mass is 32.2. The minimum absolute atomic E-state index is 0.112. The van der Waals surface area contributed by atoms with Crippen LogP contribution in [0.4, 0.5) is 5.69 Å². The number of nitrogens with two attached hydrogens (primary N) is 1. The van der Waals surface area contributed by atoms with Crippen LogP contribution < -0.4 is 15.2 Å². The molecule has 1 unspecified atom stereocenters. The molecular weight excluding hydrogens is 292 g/mol. The van der Waals surface area contributed by atoms with E-state index < -0.39 is 10.0 Å². The summed E-state index contributed by atoms with van der Waals surface area (Å²) < 4.78 is 33.9. The van der Waals surface area contributed by atoms with E-state index in [0.717, 1.165) is 0 Å². The maximum atomic E-state index is 12.3. The first kappa shape index (κ1) is 15.3. The molecule has 0 fully saturated rings. The summed E-state index contributed by atoms with van der Waals surface area (Å²) in [6, 6.07) is 5.83. The third-order valence-electron chi connectivity index (χ3n) is 2.89. The lowest BCUT2D eigenvalue weighted by Gasteiger charge is -2.15. The van der Waals surface area contributed by atoms with Gasteiger partial charge in [0.25, 0.3) is 0 Å². The van der Waals surface area contributed by atoms with E-state index in [1.54, 1.807) is 30.1 Å². The molecule has 0 spiro atoms. The summed E-state index contributed by atoms with van der Waals surface area (Å²) in [6.45, 7) is 2.21. The Morgan fingerprint density at radius 2 is 2.24 bits per heavy atom. The summed E-state index contributed by atoms with van der Waals surface area (Å²) in [5.41, 5.74) is 6.07. The zero-order chi connectivity index (χ0) is 15.5. The number of nitrogens with zero attached hydrogens (tertiary/aromatic N) is 2. The van der Waals surface area contributed by atoms with Crippen LogP contribution in [0.1, 0.15) is 6.92 Å². The van der Waals surface area contributed by atoms with Crippen molar-refractivity contribution in [2.45, 2.75) is 24.4 Å². The lowest BCUT2D eigenvalue weighted by atomic mass is 10.3. The van der Waals surface area contributed by atoms with E-state index >= 15 is 0 Å². The molecule has 0 aliphatic carbocycles. The minimum atomic E-state index is -3.64. The van der Waals surface area contributed by atoms with E-state index in [9.17, 15) is 8.42 Å². The highest BCUT2D eigenvalue weighted by Gasteiger charge is 2.19. The number of nitrogens with one attached hydrogen (secondary N) is 1. The van der Waals surface area contributed by atoms with Gasteiger partial charge in [-0.15, -0.1) is 0 Å². The zero-order valence-corrected chi connectivity index (χ0v) is 12.7. The molecule has 2 aromatic rings. The molecule has 0 saturated carbocycles. The summed E-state index contributed by atoms with van der Waals surface area (Å²) in [5.74, 6) is 0.331. The SMILES string of the molecule is COc1cc(S(=O)(=O)NC(C)Cn2cccn2)ccc1N. The fourth-order valence-electron chi connectivity index (χ4n) is 1.92. The van der Waals surface area contributed by atoms with Gasteiger partial charge in [0.15, 0.2) is 0 Å². The van der Waals surface area contributed by atoms with E-state index in [0.29, 0.717) is 18.0 Å². The van der Waals surface area contributed by atoms with Crippen LogP contribution in [0.15, 0.2) is 41.6 Å². The summed E-state index contributed by atoms with van der Waals surface area (Å²) in [6.07, 6.45) is 3.42. The first-order valence-electron chi connectivity index (χ1n) is 6.35. The molecule has 8 heteroatoms. The monoisotopic (exact) mass is 310 g/mol. The number of rotatable bonds is 6. The molecule has 7 nitrogen and oxygen atoms in total. The largest absolute Gasteiger partial charge is 0.495 e. The average Bonchev–Trinajstić information content (AvgIpc) is 2.91. The molecule has 1 atom stereocenters. The number of aromatic nitrogens is 2. The number of methoxy groups -OCH3 is 1. The van der Waals surface area contributed by atoms with E-state index in [2.05, 4.69) is 9.82 Å². The topological polar surface area (TPSA) is 99.2 Å². The van der Waals surface area contributed by atoms with Crippen LogP contribution in [-0.2, 0) is 16.6 Å². The molecule has 2 rings (SSSR count). The third-order valence-corrected chi connectivity index (χ3v) is 4.48. The van der Waals surface area contributed by atoms with Gasteiger partial charge < -0.3 is 10.5 Å². The van der Waals surface area contributed by atoms with Gasteiger partial charge in [0.1, 0.15) is 5.75 Å². The van der Waals surface area contributed by atoms with Gasteiger partial charge >= 0.3 is 0 Å². The van der Waals surface area contributed by atoms with Gasteiger partial charge in [-0.05, 0) is 25.1 Å². The molecule has 0 aliphatic rings. The Morgan fingerprint density at radius 3 is 2.86 bits per heavy atom. The third kappa shape index (κ3) is 3.73. The second-order valence-electron chi connectivity index (χ2n) is 4.65. The van der Waals surface area contributed by atoms with Crippen molar-refractivity contribution in [1.82, 2.24) is 14.5 Å². The Bertz CT molecular complexity index is 698. The van der Waals surface area contributed by atoms with E-state index in [-0.39, 0.29) is 10.9 Å². The summed E-state index contributed by atoms with van der Waals surface area (Å²) in [7, 11) is -2.20. The molecule has 3 N–H and O–H groups in total. The van der Waals surface area contributed by atoms with Crippen LogP contribution in [0.25, 0.3) is 0 Å². The normalized spacial score (nSPS) is 13.0. The van der Waals surface area contributed by atoms with Crippen LogP contribution in [0.2, 0.25) is 0 Å². The van der Waals surface area contributed by atoms with E-state index in [4.69, 9.17) is 10.5 Å². The molecule has 1 aromatic heterocycles. The molecule has 114 valence electrons. The maximum absolute atomic E-state index is 12.3. The molecule has 0 saturated heterocycles. The van der Waals surface area contributed by atoms with Gasteiger partial charge in [0.2, 0.25) is 10.0 Å². The van der Waals surface area contributed by atoms with E-state index in [1.807, 2.05) is 0 Å². The Hall–Kier alpha value is -2.06. The van der Waals surface area contributed by atoms with E-state index in [1.165, 1.54) is 25.3 Å². The molecule has 0 bridgehead atoms. The number of anilines is 1. The standard InChI is InChI=1S/C13H18N4O3S/c1-10(9-17-7-3-6-15-17)16-21(18,19)11-4-5-12(14)13(8-11)20-2/h3-8,10,16H,9,14H2,1-2H3. The average molecular weight is 310 g/mol. The second kappa shape index (κ2) is 6.15. The Balaban J connectivity index is 2.14. The molecule has 0 aliphatic heterocycles. The maximum Gasteiger partial charge on any atom is 0.241 e. The summed E-state index contributed by atoms with van der Waals surface area (Å²) in [5, 5.41) is 4.04. The molecular formula is C13H18N4O3S. The first-order chi connectivity index (χ1) is 9.92. The first-order valence-corrected chi connectivity index (χ1v) is 7.84. The van der Waals surface area contributed by atoms with Crippen molar-refractivity contribution in [3.05, 3.63) is 36.7 Å². The highest BCUT2D eigenvalue weighted by Crippen LogP contribution is 2.24. The van der Waals surface area contributed by atoms with Crippen LogP contribution in [0.5, 0.6) is 5.75 Å². The van der Waals surface area contributed by atoms with Crippen LogP contribution in [0, 0.1) is 0 Å². The fourth-order valence-corrected chi connectivity index (χ4v) is 3.17. The second-order valence-corrected chi connectivity index (χ2v) is 6.37. The van der Waals surface area contributed by atoms with Crippen molar-refractivity contribution in [2.75, 3.05) is 12.8 Å². The molecule has 21 heavy (non-hydrogen) atoms. The molecule has 1 heterocycles. The van der Waals surface area contributed by atoms with Crippen molar-refractivity contribution in [2.24, 2.45) is 0 Å². The van der Waals surface area contributed by atoms with Gasteiger partial charge in [-0.3, -0.25) is 4.68 Å². The fraction of sp³-hybridized carbons (Fsp3) is 0.308. The van der Waals surface area contributed by atoms with Crippen LogP contribution in [-0.4, -0.2) is 31.3 Å². The Labute approximate surface area is 123 Å². The zero-order valence-electron chi connectivity index (χ0n) is 11.9. The van der Waals surface area contributed by atoms with Crippen molar-refractivity contribution in [3.8, 4) is 5.75 Å². The van der Waals surface area contributed by atoms with Gasteiger partial charge in [0, 0.05) is 24.5 Å². The van der Waals surface area contributed by atoms with Gasteiger partial charge in [-0.25, -0.2) is 13.1 Å². The lowest BCUT2D eigenvalue weighted by molar-refractivity contribution is 0.415. The van der Waals surface area contributed by atoms with Crippen LogP contribution >= 0.6 is 0 Å². The minimum Gasteiger partial charge on any atom is -0.495 e. The number of nitrogen functional groups attached to an aromatic ring is 1. The Morgan fingerprint density at radius 1 is 1.48 bits per heavy atom. The molecule has 0 amide bonds. The number of ether oxygens (including phenoxy) is 1. The molecule has 1 aromatic carbocycles. The summed E-state index contributed by atoms with van der Waals surface area (Å²) >= 11 is 0. The predicted octanol–water partition coefficient (Wildman–Crippen LogP) is 0.841. The van der Waals surface area contributed by atoms with Crippen molar-refractivity contribution in [1.29, 1.82) is 0 Å². The smallest absolute Gasteiger partial charge is 0.241 e. The van der Waals surface area contributed by atoms with Gasteiger partial charge in [-0.1, -0.05) is 0 Å². The number of sulfonamides is 1. The van der Waals surface area contributed by atoms with Crippen molar-refractivity contribution < 1.29 is 13.2 Å². The number of hydrogen-bond donors (Lipinski definition) is 2. The lowest BCUT2D eigenvalue weighted by Crippen LogP contribution is -2.35. The van der Waals surface area contributed by atoms with Gasteiger partial charge in [0.05, 0.1) is 24.2 Å². The number of benzene rings is 1. The summed E-state index contributed by atoms with van der Waals surface area (Å²) in [4.78, 5) is 0.112. The molecule has 0 radical (unpaired) electrons. The highest BCUT2D eigenvalue weighted by molar-refractivity contribution is 7.89. The van der Waals surface area contributed by atoms with Crippen molar-refractivity contribution >= 4 is 15.7 Å². The number of hydrogen-bond acceptors (Lipinski definition) is 5. The van der Waals surface area contributed by atoms with Crippen molar-refractivity contribution in [3.63, 3.8) is 0 Å². The quantitative estimate of drug-likeness (QED) is 0.770. The Kier molecular flexibility index (Phi) is 4.49. The van der Waals surface area contributed by atoms with Gasteiger partial charge in [-0.2, -0.15) is 5.10 Å².